The van der Waals surface area contributed by atoms with Crippen LogP contribution in [-0.4, -0.2) is 11.1 Å². The molecule has 3 atom stereocenters. The predicted octanol–water partition coefficient (Wildman–Crippen LogP) is 4.39. The molecule has 2 bridgehead atoms. The van der Waals surface area contributed by atoms with Gasteiger partial charge in [0.2, 0.25) is 0 Å². The summed E-state index contributed by atoms with van der Waals surface area (Å²) in [6, 6.07) is 9.31. The summed E-state index contributed by atoms with van der Waals surface area (Å²) < 4.78 is 0. The molecule has 0 saturated heterocycles. The Labute approximate surface area is 120 Å². The van der Waals surface area contributed by atoms with Gasteiger partial charge in [0.1, 0.15) is 0 Å². The van der Waals surface area contributed by atoms with Gasteiger partial charge in [-0.25, -0.2) is 4.79 Å². The smallest absolute Gasteiger partial charge is 0.328 e. The monoisotopic (exact) mass is 270 g/mol. The number of hydrogen-bond acceptors (Lipinski definition) is 1. The van der Waals surface area contributed by atoms with Gasteiger partial charge < -0.3 is 5.11 Å². The van der Waals surface area contributed by atoms with Crippen LogP contribution >= 0.6 is 0 Å². The highest BCUT2D eigenvalue weighted by atomic mass is 16.4. The second-order valence-corrected chi connectivity index (χ2v) is 5.53. The Morgan fingerprint density at radius 1 is 1.25 bits per heavy atom. The van der Waals surface area contributed by atoms with Crippen molar-refractivity contribution in [3.05, 3.63) is 54.1 Å². The molecule has 1 fully saturated rings. The van der Waals surface area contributed by atoms with E-state index in [0.717, 1.165) is 29.4 Å². The molecule has 0 aromatic heterocycles. The SMILES string of the molecule is CCC1CC2C=CC1C2.O=C(O)C=Cc1ccccc1. The first kappa shape index (κ1) is 14.6. The molecule has 2 nitrogen and oxygen atoms in total. The van der Waals surface area contributed by atoms with Crippen molar-refractivity contribution in [3.8, 4) is 0 Å². The molecule has 3 unspecified atom stereocenters. The summed E-state index contributed by atoms with van der Waals surface area (Å²) in [4.78, 5) is 10.1. The zero-order chi connectivity index (χ0) is 14.4. The number of rotatable bonds is 3. The first-order valence-corrected chi connectivity index (χ1v) is 7.33. The van der Waals surface area contributed by atoms with E-state index in [4.69, 9.17) is 5.11 Å². The van der Waals surface area contributed by atoms with Crippen LogP contribution in [0.25, 0.3) is 6.08 Å². The highest BCUT2D eigenvalue weighted by Gasteiger charge is 2.33. The second kappa shape index (κ2) is 7.09. The first-order valence-electron chi connectivity index (χ1n) is 7.33. The number of benzene rings is 1. The van der Waals surface area contributed by atoms with Gasteiger partial charge in [0.05, 0.1) is 0 Å². The van der Waals surface area contributed by atoms with Gasteiger partial charge in [0.15, 0.2) is 0 Å². The zero-order valence-corrected chi connectivity index (χ0v) is 11.9. The molecule has 0 radical (unpaired) electrons. The van der Waals surface area contributed by atoms with Crippen LogP contribution in [0.2, 0.25) is 0 Å². The molecule has 2 aliphatic carbocycles. The third kappa shape index (κ3) is 4.09. The van der Waals surface area contributed by atoms with Gasteiger partial charge in [-0.05, 0) is 42.2 Å². The van der Waals surface area contributed by atoms with Crippen molar-refractivity contribution in [1.29, 1.82) is 0 Å². The van der Waals surface area contributed by atoms with Gasteiger partial charge in [-0.1, -0.05) is 55.8 Å². The standard InChI is InChI=1S/C9H8O2.C9H14/c10-9(11)7-6-8-4-2-1-3-5-8;1-2-8-5-7-3-4-9(8)6-7/h1-7H,(H,10,11);3-4,7-9H,2,5-6H2,1H3. The van der Waals surface area contributed by atoms with Crippen molar-refractivity contribution in [1.82, 2.24) is 0 Å². The van der Waals surface area contributed by atoms with Crippen molar-refractivity contribution in [2.45, 2.75) is 26.2 Å². The van der Waals surface area contributed by atoms with Crippen LogP contribution in [0, 0.1) is 17.8 Å². The Kier molecular flexibility index (Phi) is 5.16. The average Bonchev–Trinajstić information content (AvgIpc) is 3.09. The van der Waals surface area contributed by atoms with E-state index >= 15 is 0 Å². The van der Waals surface area contributed by atoms with E-state index in [1.807, 2.05) is 30.3 Å². The van der Waals surface area contributed by atoms with Crippen LogP contribution in [-0.2, 0) is 4.79 Å². The van der Waals surface area contributed by atoms with Gasteiger partial charge in [-0.3, -0.25) is 0 Å². The Bertz CT molecular complexity index is 487. The molecule has 0 aliphatic heterocycles. The molecular weight excluding hydrogens is 248 g/mol. The van der Waals surface area contributed by atoms with Gasteiger partial charge in [0, 0.05) is 6.08 Å². The highest BCUT2D eigenvalue weighted by Crippen LogP contribution is 2.44. The zero-order valence-electron chi connectivity index (χ0n) is 11.9. The fourth-order valence-corrected chi connectivity index (χ4v) is 3.10. The van der Waals surface area contributed by atoms with Crippen LogP contribution in [0.5, 0.6) is 0 Å². The summed E-state index contributed by atoms with van der Waals surface area (Å²) in [6.07, 6.45) is 11.9. The van der Waals surface area contributed by atoms with Crippen LogP contribution in [0.3, 0.4) is 0 Å². The lowest BCUT2D eigenvalue weighted by Crippen LogP contribution is -2.04. The minimum atomic E-state index is -0.922. The van der Waals surface area contributed by atoms with Gasteiger partial charge >= 0.3 is 5.97 Å². The van der Waals surface area contributed by atoms with Gasteiger partial charge in [0.25, 0.3) is 0 Å². The quantitative estimate of drug-likeness (QED) is 0.653. The Morgan fingerprint density at radius 2 is 2.00 bits per heavy atom. The molecule has 1 N–H and O–H groups in total. The number of carboxylic acids is 1. The molecule has 0 amide bonds. The maximum absolute atomic E-state index is 10.1. The minimum Gasteiger partial charge on any atom is -0.478 e. The first-order chi connectivity index (χ1) is 9.69. The second-order valence-electron chi connectivity index (χ2n) is 5.53. The van der Waals surface area contributed by atoms with Crippen LogP contribution in [0.4, 0.5) is 0 Å². The van der Waals surface area contributed by atoms with Crippen LogP contribution < -0.4 is 0 Å². The van der Waals surface area contributed by atoms with Crippen LogP contribution in [0.1, 0.15) is 31.7 Å². The summed E-state index contributed by atoms with van der Waals surface area (Å²) in [5.41, 5.74) is 0.898. The van der Waals surface area contributed by atoms with Crippen molar-refractivity contribution in [2.75, 3.05) is 0 Å². The molecule has 2 heteroatoms. The van der Waals surface area contributed by atoms with Crippen molar-refractivity contribution >= 4 is 12.0 Å². The number of hydrogen-bond donors (Lipinski definition) is 1. The fourth-order valence-electron chi connectivity index (χ4n) is 3.10. The molecule has 3 rings (SSSR count). The summed E-state index contributed by atoms with van der Waals surface area (Å²) in [5.74, 6) is 2.06. The van der Waals surface area contributed by atoms with E-state index < -0.39 is 5.97 Å². The number of carboxylic acid groups (broad SMARTS) is 1. The number of allylic oxidation sites excluding steroid dienone is 2. The Balaban J connectivity index is 0.000000149. The lowest BCUT2D eigenvalue weighted by molar-refractivity contribution is -0.131. The fraction of sp³-hybridized carbons (Fsp3) is 0.389. The predicted molar refractivity (Wildman–Crippen MR) is 82.2 cm³/mol. The Morgan fingerprint density at radius 3 is 2.45 bits per heavy atom. The molecule has 0 heterocycles. The van der Waals surface area contributed by atoms with Gasteiger partial charge in [-0.2, -0.15) is 0 Å². The minimum absolute atomic E-state index is 0.898. The highest BCUT2D eigenvalue weighted by molar-refractivity contribution is 5.85. The lowest BCUT2D eigenvalue weighted by atomic mass is 9.91. The topological polar surface area (TPSA) is 37.3 Å². The van der Waals surface area contributed by atoms with E-state index in [9.17, 15) is 4.79 Å². The van der Waals surface area contributed by atoms with E-state index in [0.29, 0.717) is 0 Å². The van der Waals surface area contributed by atoms with Crippen molar-refractivity contribution < 1.29 is 9.90 Å². The van der Waals surface area contributed by atoms with Crippen LogP contribution in [0.15, 0.2) is 48.6 Å². The summed E-state index contributed by atoms with van der Waals surface area (Å²) in [6.45, 7) is 2.32. The number of carbonyl (C=O) groups is 1. The number of fused-ring (bicyclic) bond motifs is 2. The molecule has 2 aliphatic rings. The molecule has 1 aromatic carbocycles. The molecule has 1 aromatic rings. The third-order valence-electron chi connectivity index (χ3n) is 4.16. The Hall–Kier alpha value is -1.83. The maximum Gasteiger partial charge on any atom is 0.328 e. The third-order valence-corrected chi connectivity index (χ3v) is 4.16. The van der Waals surface area contributed by atoms with E-state index in [1.165, 1.54) is 19.3 Å². The maximum atomic E-state index is 10.1. The van der Waals surface area contributed by atoms with Gasteiger partial charge in [-0.15, -0.1) is 0 Å². The molecular formula is C18H22O2. The average molecular weight is 270 g/mol. The summed E-state index contributed by atoms with van der Waals surface area (Å²) in [7, 11) is 0. The molecule has 20 heavy (non-hydrogen) atoms. The molecule has 1 saturated carbocycles. The van der Waals surface area contributed by atoms with Crippen molar-refractivity contribution in [3.63, 3.8) is 0 Å². The largest absolute Gasteiger partial charge is 0.478 e. The number of aliphatic carboxylic acids is 1. The lowest BCUT2D eigenvalue weighted by Gasteiger charge is -2.14. The summed E-state index contributed by atoms with van der Waals surface area (Å²) >= 11 is 0. The molecule has 0 spiro atoms. The molecule has 106 valence electrons. The van der Waals surface area contributed by atoms with Crippen molar-refractivity contribution in [2.24, 2.45) is 17.8 Å². The van der Waals surface area contributed by atoms with E-state index in [2.05, 4.69) is 19.1 Å². The van der Waals surface area contributed by atoms with E-state index in [-0.39, 0.29) is 0 Å². The van der Waals surface area contributed by atoms with E-state index in [1.54, 1.807) is 6.08 Å². The normalized spacial score (nSPS) is 26.6. The summed E-state index contributed by atoms with van der Waals surface area (Å²) in [5, 5.41) is 8.29.